The van der Waals surface area contributed by atoms with Crippen molar-refractivity contribution >= 4 is 39.9 Å². The summed E-state index contributed by atoms with van der Waals surface area (Å²) in [6, 6.07) is 9.95. The molecule has 2 aromatic carbocycles. The molecule has 150 valence electrons. The molecule has 2 N–H and O–H groups in total. The van der Waals surface area contributed by atoms with E-state index in [2.05, 4.69) is 20.3 Å². The topological polar surface area (TPSA) is 110 Å². The van der Waals surface area contributed by atoms with Crippen LogP contribution in [-0.2, 0) is 9.53 Å². The lowest BCUT2D eigenvalue weighted by Gasteiger charge is -2.10. The number of H-pyrrole nitrogens is 1. The van der Waals surface area contributed by atoms with Crippen LogP contribution in [0, 0.1) is 0 Å². The third-order valence-corrected chi connectivity index (χ3v) is 3.95. The van der Waals surface area contributed by atoms with E-state index in [0.717, 1.165) is 6.07 Å². The third-order valence-electron chi connectivity index (χ3n) is 3.66. The maximum Gasteiger partial charge on any atom is 0.387 e. The highest BCUT2D eigenvalue weighted by atomic mass is 35.5. The molecule has 0 spiro atoms. The van der Waals surface area contributed by atoms with Crippen LogP contribution in [0.15, 0.2) is 47.3 Å². The highest BCUT2D eigenvalue weighted by Crippen LogP contribution is 2.28. The summed E-state index contributed by atoms with van der Waals surface area (Å²) in [5.74, 6) is -1.86. The molecule has 0 aliphatic heterocycles. The van der Waals surface area contributed by atoms with E-state index in [1.807, 2.05) is 0 Å². The first-order valence-electron chi connectivity index (χ1n) is 8.04. The maximum absolute atomic E-state index is 12.2. The summed E-state index contributed by atoms with van der Waals surface area (Å²) in [5.41, 5.74) is -0.430. The molecular weight excluding hydrogens is 412 g/mol. The van der Waals surface area contributed by atoms with Crippen LogP contribution in [0.25, 0.3) is 10.8 Å². The molecule has 11 heteroatoms. The molecular formula is C18H12ClF2N3O5. The number of benzene rings is 2. The standard InChI is InChI=1S/C18H12ClF2N3O5/c19-12-7-9(5-6-13(12)29-18(20)21)22-14(25)8-28-17(27)15-10-3-1-2-4-11(10)16(26)24-23-15/h1-7,18H,8H2,(H,22,25)(H,24,26). The number of ether oxygens (including phenoxy) is 2. The number of nitrogens with zero attached hydrogens (tertiary/aromatic N) is 1. The summed E-state index contributed by atoms with van der Waals surface area (Å²) in [5, 5.41) is 8.66. The van der Waals surface area contributed by atoms with Crippen molar-refractivity contribution < 1.29 is 27.8 Å². The molecule has 0 aliphatic carbocycles. The molecule has 0 aliphatic rings. The van der Waals surface area contributed by atoms with Crippen LogP contribution in [0.5, 0.6) is 5.75 Å². The minimum Gasteiger partial charge on any atom is -0.451 e. The lowest BCUT2D eigenvalue weighted by molar-refractivity contribution is -0.119. The zero-order chi connectivity index (χ0) is 21.0. The summed E-state index contributed by atoms with van der Waals surface area (Å²) in [6.07, 6.45) is 0. The van der Waals surface area contributed by atoms with Crippen LogP contribution < -0.4 is 15.6 Å². The van der Waals surface area contributed by atoms with Gasteiger partial charge in [0.05, 0.1) is 10.4 Å². The van der Waals surface area contributed by atoms with Crippen molar-refractivity contribution in [1.29, 1.82) is 0 Å². The number of aromatic amines is 1. The summed E-state index contributed by atoms with van der Waals surface area (Å²) in [7, 11) is 0. The van der Waals surface area contributed by atoms with E-state index in [9.17, 15) is 23.2 Å². The van der Waals surface area contributed by atoms with Crippen LogP contribution in [-0.4, -0.2) is 35.3 Å². The van der Waals surface area contributed by atoms with Crippen LogP contribution in [0.3, 0.4) is 0 Å². The van der Waals surface area contributed by atoms with Crippen molar-refractivity contribution in [3.05, 3.63) is 63.5 Å². The van der Waals surface area contributed by atoms with Crippen molar-refractivity contribution in [2.45, 2.75) is 6.61 Å². The number of carbonyl (C=O) groups is 2. The molecule has 0 unspecified atom stereocenters. The number of hydrogen-bond acceptors (Lipinski definition) is 6. The first-order valence-corrected chi connectivity index (χ1v) is 8.41. The lowest BCUT2D eigenvalue weighted by atomic mass is 10.1. The predicted octanol–water partition coefficient (Wildman–Crippen LogP) is 2.97. The van der Waals surface area contributed by atoms with E-state index in [0.29, 0.717) is 0 Å². The normalized spacial score (nSPS) is 10.8. The number of rotatable bonds is 6. The summed E-state index contributed by atoms with van der Waals surface area (Å²) in [6.45, 7) is -3.69. The lowest BCUT2D eigenvalue weighted by Crippen LogP contribution is -2.22. The maximum atomic E-state index is 12.2. The van der Waals surface area contributed by atoms with E-state index in [4.69, 9.17) is 16.3 Å². The second-order valence-corrected chi connectivity index (χ2v) is 6.00. The first kappa shape index (κ1) is 20.2. The number of halogens is 3. The Hall–Kier alpha value is -3.53. The van der Waals surface area contributed by atoms with Gasteiger partial charge in [0.1, 0.15) is 5.75 Å². The van der Waals surface area contributed by atoms with Crippen molar-refractivity contribution in [2.75, 3.05) is 11.9 Å². The number of esters is 1. The average Bonchev–Trinajstić information content (AvgIpc) is 2.68. The Balaban J connectivity index is 1.64. The molecule has 1 heterocycles. The third kappa shape index (κ3) is 4.85. The number of nitrogens with one attached hydrogen (secondary N) is 2. The molecule has 1 amide bonds. The van der Waals surface area contributed by atoms with Crippen LogP contribution in [0.2, 0.25) is 5.02 Å². The predicted molar refractivity (Wildman–Crippen MR) is 99.4 cm³/mol. The monoisotopic (exact) mass is 423 g/mol. The molecule has 0 atom stereocenters. The molecule has 3 aromatic rings. The summed E-state index contributed by atoms with van der Waals surface area (Å²) < 4.78 is 33.6. The molecule has 1 aromatic heterocycles. The Labute approximate surface area is 166 Å². The smallest absolute Gasteiger partial charge is 0.387 e. The highest BCUT2D eigenvalue weighted by molar-refractivity contribution is 6.32. The fraction of sp³-hybridized carbons (Fsp3) is 0.111. The summed E-state index contributed by atoms with van der Waals surface area (Å²) >= 11 is 5.80. The molecule has 0 fully saturated rings. The molecule has 0 saturated heterocycles. The second kappa shape index (κ2) is 8.65. The van der Waals surface area contributed by atoms with Gasteiger partial charge in [-0.3, -0.25) is 9.59 Å². The minimum atomic E-state index is -3.04. The van der Waals surface area contributed by atoms with Gasteiger partial charge < -0.3 is 14.8 Å². The van der Waals surface area contributed by atoms with Crippen LogP contribution >= 0.6 is 11.6 Å². The van der Waals surface area contributed by atoms with Crippen molar-refractivity contribution in [3.63, 3.8) is 0 Å². The van der Waals surface area contributed by atoms with Gasteiger partial charge in [-0.1, -0.05) is 29.8 Å². The van der Waals surface area contributed by atoms with Crippen molar-refractivity contribution in [2.24, 2.45) is 0 Å². The van der Waals surface area contributed by atoms with Crippen molar-refractivity contribution in [3.8, 4) is 5.75 Å². The molecule has 0 bridgehead atoms. The Bertz CT molecular complexity index is 1140. The van der Waals surface area contributed by atoms with Gasteiger partial charge >= 0.3 is 12.6 Å². The van der Waals surface area contributed by atoms with Gasteiger partial charge in [-0.15, -0.1) is 0 Å². The van der Waals surface area contributed by atoms with Gasteiger partial charge in [0, 0.05) is 11.1 Å². The molecule has 0 radical (unpaired) electrons. The van der Waals surface area contributed by atoms with Gasteiger partial charge in [0.25, 0.3) is 11.5 Å². The fourth-order valence-corrected chi connectivity index (χ4v) is 2.66. The van der Waals surface area contributed by atoms with E-state index in [1.165, 1.54) is 24.3 Å². The fourth-order valence-electron chi connectivity index (χ4n) is 2.44. The number of aromatic nitrogens is 2. The van der Waals surface area contributed by atoms with E-state index >= 15 is 0 Å². The molecule has 8 nitrogen and oxygen atoms in total. The van der Waals surface area contributed by atoms with E-state index in [1.54, 1.807) is 12.1 Å². The van der Waals surface area contributed by atoms with Crippen LogP contribution in [0.4, 0.5) is 14.5 Å². The number of fused-ring (bicyclic) bond motifs is 1. The first-order chi connectivity index (χ1) is 13.8. The number of alkyl halides is 2. The van der Waals surface area contributed by atoms with E-state index in [-0.39, 0.29) is 32.9 Å². The highest BCUT2D eigenvalue weighted by Gasteiger charge is 2.17. The van der Waals surface area contributed by atoms with Gasteiger partial charge in [0.15, 0.2) is 12.3 Å². The van der Waals surface area contributed by atoms with Gasteiger partial charge in [-0.2, -0.15) is 13.9 Å². The number of amides is 1. The van der Waals surface area contributed by atoms with Gasteiger partial charge in [-0.25, -0.2) is 9.89 Å². The largest absolute Gasteiger partial charge is 0.451 e. The average molecular weight is 424 g/mol. The van der Waals surface area contributed by atoms with Crippen LogP contribution in [0.1, 0.15) is 10.5 Å². The molecule has 29 heavy (non-hydrogen) atoms. The number of carbonyl (C=O) groups excluding carboxylic acids is 2. The van der Waals surface area contributed by atoms with Gasteiger partial charge in [-0.05, 0) is 24.3 Å². The van der Waals surface area contributed by atoms with Gasteiger partial charge in [0.2, 0.25) is 0 Å². The quantitative estimate of drug-likeness (QED) is 0.590. The second-order valence-electron chi connectivity index (χ2n) is 5.59. The van der Waals surface area contributed by atoms with E-state index < -0.39 is 30.7 Å². The SMILES string of the molecule is O=C(COC(=O)c1n[nH]c(=O)c2ccccc12)Nc1ccc(OC(F)F)c(Cl)c1. The zero-order valence-corrected chi connectivity index (χ0v) is 15.2. The Morgan fingerprint density at radius 1 is 1.17 bits per heavy atom. The molecule has 0 saturated carbocycles. The Morgan fingerprint density at radius 3 is 2.59 bits per heavy atom. The van der Waals surface area contributed by atoms with Crippen molar-refractivity contribution in [1.82, 2.24) is 10.2 Å². The Morgan fingerprint density at radius 2 is 1.90 bits per heavy atom. The Kier molecular flexibility index (Phi) is 6.03. The zero-order valence-electron chi connectivity index (χ0n) is 14.4. The minimum absolute atomic E-state index is 0.135. The molecule has 3 rings (SSSR count). The number of hydrogen-bond donors (Lipinski definition) is 2. The summed E-state index contributed by atoms with van der Waals surface area (Å²) in [4.78, 5) is 35.9. The number of anilines is 1.